The third-order valence-electron chi connectivity index (χ3n) is 2.61. The Balaban J connectivity index is 2.39. The average molecular weight is 219 g/mol. The third-order valence-corrected chi connectivity index (χ3v) is 2.61. The maximum atomic E-state index is 13.6. The molecule has 1 atom stereocenters. The SMILES string of the molecule is CCn1ccnc1C(N)c1ccccc1F. The summed E-state index contributed by atoms with van der Waals surface area (Å²) in [7, 11) is 0. The first-order valence-electron chi connectivity index (χ1n) is 5.25. The van der Waals surface area contributed by atoms with Crippen LogP contribution in [0.25, 0.3) is 0 Å². The fraction of sp³-hybridized carbons (Fsp3) is 0.250. The van der Waals surface area contributed by atoms with Gasteiger partial charge in [0.1, 0.15) is 11.6 Å². The Labute approximate surface area is 93.7 Å². The van der Waals surface area contributed by atoms with E-state index in [1.807, 2.05) is 17.7 Å². The second-order valence-electron chi connectivity index (χ2n) is 3.57. The highest BCUT2D eigenvalue weighted by Gasteiger charge is 2.17. The molecule has 1 unspecified atom stereocenters. The molecule has 1 aromatic heterocycles. The normalized spacial score (nSPS) is 12.7. The molecular formula is C12H14FN3. The van der Waals surface area contributed by atoms with Gasteiger partial charge in [0.25, 0.3) is 0 Å². The van der Waals surface area contributed by atoms with Crippen molar-refractivity contribution in [1.29, 1.82) is 0 Å². The minimum atomic E-state index is -0.517. The standard InChI is InChI=1S/C12H14FN3/c1-2-16-8-7-15-12(16)11(14)9-5-3-4-6-10(9)13/h3-8,11H,2,14H2,1H3. The molecule has 0 amide bonds. The third kappa shape index (κ3) is 1.84. The van der Waals surface area contributed by atoms with Crippen LogP contribution in [-0.2, 0) is 6.54 Å². The lowest BCUT2D eigenvalue weighted by Gasteiger charge is -2.13. The van der Waals surface area contributed by atoms with Crippen LogP contribution in [0.2, 0.25) is 0 Å². The molecule has 84 valence electrons. The van der Waals surface area contributed by atoms with Crippen molar-refractivity contribution in [2.75, 3.05) is 0 Å². The summed E-state index contributed by atoms with van der Waals surface area (Å²) >= 11 is 0. The van der Waals surface area contributed by atoms with Gasteiger partial charge in [-0.05, 0) is 13.0 Å². The molecule has 0 fully saturated rings. The first-order valence-corrected chi connectivity index (χ1v) is 5.25. The van der Waals surface area contributed by atoms with Gasteiger partial charge in [0, 0.05) is 24.5 Å². The fourth-order valence-corrected chi connectivity index (χ4v) is 1.73. The van der Waals surface area contributed by atoms with E-state index in [9.17, 15) is 4.39 Å². The number of nitrogens with two attached hydrogens (primary N) is 1. The molecule has 0 aliphatic heterocycles. The van der Waals surface area contributed by atoms with Gasteiger partial charge in [-0.25, -0.2) is 9.37 Å². The van der Waals surface area contributed by atoms with Gasteiger partial charge in [-0.2, -0.15) is 0 Å². The first-order chi connectivity index (χ1) is 7.74. The summed E-state index contributed by atoms with van der Waals surface area (Å²) in [5.74, 6) is 0.397. The molecule has 0 saturated heterocycles. The van der Waals surface area contributed by atoms with Crippen molar-refractivity contribution < 1.29 is 4.39 Å². The molecule has 0 bridgehead atoms. The highest BCUT2D eigenvalue weighted by molar-refractivity contribution is 5.26. The number of rotatable bonds is 3. The van der Waals surface area contributed by atoms with E-state index >= 15 is 0 Å². The van der Waals surface area contributed by atoms with Crippen molar-refractivity contribution in [2.24, 2.45) is 5.73 Å². The summed E-state index contributed by atoms with van der Waals surface area (Å²) in [5, 5.41) is 0. The molecule has 1 heterocycles. The summed E-state index contributed by atoms with van der Waals surface area (Å²) < 4.78 is 15.5. The largest absolute Gasteiger partial charge is 0.334 e. The van der Waals surface area contributed by atoms with E-state index in [4.69, 9.17) is 5.73 Å². The van der Waals surface area contributed by atoms with Gasteiger partial charge in [0.2, 0.25) is 0 Å². The minimum Gasteiger partial charge on any atom is -0.334 e. The number of imidazole rings is 1. The van der Waals surface area contributed by atoms with Crippen LogP contribution in [0.5, 0.6) is 0 Å². The zero-order valence-electron chi connectivity index (χ0n) is 9.10. The second-order valence-corrected chi connectivity index (χ2v) is 3.57. The van der Waals surface area contributed by atoms with Gasteiger partial charge in [-0.15, -0.1) is 0 Å². The van der Waals surface area contributed by atoms with Crippen LogP contribution in [0.15, 0.2) is 36.7 Å². The monoisotopic (exact) mass is 219 g/mol. The molecule has 3 nitrogen and oxygen atoms in total. The maximum absolute atomic E-state index is 13.6. The van der Waals surface area contributed by atoms with Crippen LogP contribution in [0.1, 0.15) is 24.4 Å². The Kier molecular flexibility index (Phi) is 3.01. The topological polar surface area (TPSA) is 43.8 Å². The van der Waals surface area contributed by atoms with Gasteiger partial charge in [0.15, 0.2) is 0 Å². The van der Waals surface area contributed by atoms with Crippen LogP contribution in [-0.4, -0.2) is 9.55 Å². The molecular weight excluding hydrogens is 205 g/mol. The average Bonchev–Trinajstić information content (AvgIpc) is 2.77. The van der Waals surface area contributed by atoms with Crippen LogP contribution in [0, 0.1) is 5.82 Å². The van der Waals surface area contributed by atoms with Crippen LogP contribution in [0.3, 0.4) is 0 Å². The van der Waals surface area contributed by atoms with Crippen LogP contribution >= 0.6 is 0 Å². The van der Waals surface area contributed by atoms with Gasteiger partial charge in [0.05, 0.1) is 6.04 Å². The molecule has 2 aromatic rings. The quantitative estimate of drug-likeness (QED) is 0.859. The molecule has 1 aromatic carbocycles. The van der Waals surface area contributed by atoms with Crippen molar-refractivity contribution in [3.63, 3.8) is 0 Å². The lowest BCUT2D eigenvalue weighted by atomic mass is 10.1. The van der Waals surface area contributed by atoms with Crippen molar-refractivity contribution in [2.45, 2.75) is 19.5 Å². The molecule has 0 spiro atoms. The smallest absolute Gasteiger partial charge is 0.130 e. The zero-order valence-corrected chi connectivity index (χ0v) is 9.10. The molecule has 2 rings (SSSR count). The number of halogens is 1. The highest BCUT2D eigenvalue weighted by Crippen LogP contribution is 2.20. The van der Waals surface area contributed by atoms with E-state index in [1.54, 1.807) is 24.4 Å². The van der Waals surface area contributed by atoms with E-state index < -0.39 is 6.04 Å². The second kappa shape index (κ2) is 4.45. The number of nitrogens with zero attached hydrogens (tertiary/aromatic N) is 2. The summed E-state index contributed by atoms with van der Waals surface area (Å²) in [6.45, 7) is 2.77. The highest BCUT2D eigenvalue weighted by atomic mass is 19.1. The number of hydrogen-bond acceptors (Lipinski definition) is 2. The Morgan fingerprint density at radius 2 is 2.19 bits per heavy atom. The summed E-state index contributed by atoms with van der Waals surface area (Å²) in [4.78, 5) is 4.18. The van der Waals surface area contributed by atoms with E-state index in [0.717, 1.165) is 6.54 Å². The Morgan fingerprint density at radius 1 is 1.44 bits per heavy atom. The minimum absolute atomic E-state index is 0.291. The summed E-state index contributed by atoms with van der Waals surface area (Å²) in [5.41, 5.74) is 6.49. The van der Waals surface area contributed by atoms with Gasteiger partial charge in [-0.1, -0.05) is 18.2 Å². The Hall–Kier alpha value is -1.68. The number of hydrogen-bond donors (Lipinski definition) is 1. The maximum Gasteiger partial charge on any atom is 0.130 e. The lowest BCUT2D eigenvalue weighted by Crippen LogP contribution is -2.18. The van der Waals surface area contributed by atoms with E-state index in [-0.39, 0.29) is 5.82 Å². The van der Waals surface area contributed by atoms with Crippen molar-refractivity contribution in [1.82, 2.24) is 9.55 Å². The predicted octanol–water partition coefficient (Wildman–Crippen LogP) is 2.09. The van der Waals surface area contributed by atoms with Gasteiger partial charge < -0.3 is 10.3 Å². The van der Waals surface area contributed by atoms with Crippen LogP contribution in [0.4, 0.5) is 4.39 Å². The van der Waals surface area contributed by atoms with E-state index in [0.29, 0.717) is 11.4 Å². The van der Waals surface area contributed by atoms with Gasteiger partial charge in [-0.3, -0.25) is 0 Å². The molecule has 4 heteroatoms. The van der Waals surface area contributed by atoms with E-state index in [2.05, 4.69) is 4.98 Å². The zero-order chi connectivity index (χ0) is 11.5. The molecule has 0 saturated carbocycles. The fourth-order valence-electron chi connectivity index (χ4n) is 1.73. The van der Waals surface area contributed by atoms with Crippen molar-refractivity contribution in [3.8, 4) is 0 Å². The molecule has 0 radical (unpaired) electrons. The van der Waals surface area contributed by atoms with Crippen molar-refractivity contribution in [3.05, 3.63) is 53.9 Å². The van der Waals surface area contributed by atoms with E-state index in [1.165, 1.54) is 6.07 Å². The Morgan fingerprint density at radius 3 is 2.88 bits per heavy atom. The van der Waals surface area contributed by atoms with Gasteiger partial charge >= 0.3 is 0 Å². The number of aryl methyl sites for hydroxylation is 1. The first kappa shape index (κ1) is 10.8. The Bertz CT molecular complexity index is 479. The number of aromatic nitrogens is 2. The van der Waals surface area contributed by atoms with Crippen molar-refractivity contribution >= 4 is 0 Å². The molecule has 0 aliphatic rings. The molecule has 0 aliphatic carbocycles. The van der Waals surface area contributed by atoms with Crippen LogP contribution < -0.4 is 5.73 Å². The summed E-state index contributed by atoms with van der Waals surface area (Å²) in [6, 6.07) is 6.01. The summed E-state index contributed by atoms with van der Waals surface area (Å²) in [6.07, 6.45) is 3.52. The number of benzene rings is 1. The predicted molar refractivity (Wildman–Crippen MR) is 60.3 cm³/mol. The molecule has 16 heavy (non-hydrogen) atoms. The lowest BCUT2D eigenvalue weighted by molar-refractivity contribution is 0.581. The molecule has 2 N–H and O–H groups in total.